The Balaban J connectivity index is 1.77. The number of nitrogens with zero attached hydrogens (tertiary/aromatic N) is 4. The van der Waals surface area contributed by atoms with Crippen molar-refractivity contribution in [2.75, 3.05) is 11.9 Å². The number of hydrogen-bond acceptors (Lipinski definition) is 7. The van der Waals surface area contributed by atoms with Crippen molar-refractivity contribution in [2.45, 2.75) is 26.9 Å². The summed E-state index contributed by atoms with van der Waals surface area (Å²) in [6, 6.07) is 4.10. The monoisotopic (exact) mass is 262 g/mol. The smallest absolute Gasteiger partial charge is 0.315 e. The van der Waals surface area contributed by atoms with E-state index >= 15 is 0 Å². The van der Waals surface area contributed by atoms with Gasteiger partial charge >= 0.3 is 6.01 Å². The van der Waals surface area contributed by atoms with Crippen molar-refractivity contribution in [1.29, 1.82) is 0 Å². The van der Waals surface area contributed by atoms with E-state index in [4.69, 9.17) is 4.42 Å². The van der Waals surface area contributed by atoms with Gasteiger partial charge in [0.15, 0.2) is 0 Å². The summed E-state index contributed by atoms with van der Waals surface area (Å²) in [7, 11) is 0. The molecule has 2 rings (SSSR count). The van der Waals surface area contributed by atoms with Crippen molar-refractivity contribution < 1.29 is 4.42 Å². The average molecular weight is 262 g/mol. The maximum absolute atomic E-state index is 5.44. The molecule has 19 heavy (non-hydrogen) atoms. The summed E-state index contributed by atoms with van der Waals surface area (Å²) in [4.78, 5) is 0. The van der Waals surface area contributed by atoms with Crippen molar-refractivity contribution >= 4 is 6.01 Å². The lowest BCUT2D eigenvalue weighted by atomic mass is 10.2. The van der Waals surface area contributed by atoms with Crippen molar-refractivity contribution in [3.8, 4) is 0 Å². The predicted molar refractivity (Wildman–Crippen MR) is 70.2 cm³/mol. The van der Waals surface area contributed by atoms with Gasteiger partial charge in [-0.25, -0.2) is 0 Å². The fourth-order valence-electron chi connectivity index (χ4n) is 1.46. The van der Waals surface area contributed by atoms with Gasteiger partial charge in [-0.15, -0.1) is 5.10 Å². The first kappa shape index (κ1) is 13.4. The highest BCUT2D eigenvalue weighted by molar-refractivity contribution is 5.19. The Morgan fingerprint density at radius 1 is 1.21 bits per heavy atom. The Labute approximate surface area is 111 Å². The van der Waals surface area contributed by atoms with Crippen molar-refractivity contribution in [2.24, 2.45) is 5.92 Å². The minimum Gasteiger partial charge on any atom is -0.407 e. The van der Waals surface area contributed by atoms with Crippen LogP contribution in [0.3, 0.4) is 0 Å². The molecule has 0 aliphatic carbocycles. The highest BCUT2D eigenvalue weighted by Gasteiger charge is 2.05. The van der Waals surface area contributed by atoms with E-state index in [0.717, 1.165) is 12.2 Å². The summed E-state index contributed by atoms with van der Waals surface area (Å²) in [5.41, 5.74) is 0.820. The highest BCUT2D eigenvalue weighted by atomic mass is 16.4. The first-order valence-corrected chi connectivity index (χ1v) is 6.27. The van der Waals surface area contributed by atoms with Crippen molar-refractivity contribution in [3.63, 3.8) is 0 Å². The summed E-state index contributed by atoms with van der Waals surface area (Å²) >= 11 is 0. The maximum atomic E-state index is 5.44. The Morgan fingerprint density at radius 3 is 2.84 bits per heavy atom. The van der Waals surface area contributed by atoms with Crippen LogP contribution in [0, 0.1) is 5.92 Å². The topological polar surface area (TPSA) is 88.8 Å². The van der Waals surface area contributed by atoms with Crippen LogP contribution in [0.2, 0.25) is 0 Å². The maximum Gasteiger partial charge on any atom is 0.315 e. The number of aromatic nitrogens is 4. The van der Waals surface area contributed by atoms with Crippen LogP contribution in [-0.4, -0.2) is 26.9 Å². The first-order chi connectivity index (χ1) is 9.24. The largest absolute Gasteiger partial charge is 0.407 e. The summed E-state index contributed by atoms with van der Waals surface area (Å²) < 4.78 is 5.44. The van der Waals surface area contributed by atoms with Crippen molar-refractivity contribution in [1.82, 2.24) is 25.7 Å². The van der Waals surface area contributed by atoms with Gasteiger partial charge in [0.1, 0.15) is 0 Å². The standard InChI is InChI=1S/C12H18N6O/c1-9(2)6-13-8-11-17-18-12(19-11)14-7-10-4-3-5-15-16-10/h3-5,9,13H,6-8H2,1-2H3,(H,14,18). The van der Waals surface area contributed by atoms with Gasteiger partial charge in [0.25, 0.3) is 0 Å². The molecule has 0 fully saturated rings. The number of nitrogens with one attached hydrogen (secondary N) is 2. The number of hydrogen-bond donors (Lipinski definition) is 2. The minimum absolute atomic E-state index is 0.395. The molecule has 0 spiro atoms. The van der Waals surface area contributed by atoms with Gasteiger partial charge in [0.05, 0.1) is 18.8 Å². The molecule has 102 valence electrons. The van der Waals surface area contributed by atoms with Gasteiger partial charge < -0.3 is 15.1 Å². The van der Waals surface area contributed by atoms with Crippen LogP contribution < -0.4 is 10.6 Å². The van der Waals surface area contributed by atoms with Gasteiger partial charge in [0, 0.05) is 6.20 Å². The molecule has 0 unspecified atom stereocenters. The molecule has 0 radical (unpaired) electrons. The van der Waals surface area contributed by atoms with E-state index in [2.05, 4.69) is 44.9 Å². The fourth-order valence-corrected chi connectivity index (χ4v) is 1.46. The Hall–Kier alpha value is -2.02. The second kappa shape index (κ2) is 6.79. The third kappa shape index (κ3) is 4.63. The summed E-state index contributed by atoms with van der Waals surface area (Å²) in [5.74, 6) is 1.17. The molecule has 0 saturated carbocycles. The van der Waals surface area contributed by atoms with E-state index in [0.29, 0.717) is 30.9 Å². The molecule has 0 bridgehead atoms. The molecule has 0 aromatic carbocycles. The number of anilines is 1. The van der Waals surface area contributed by atoms with Crippen LogP contribution in [0.1, 0.15) is 25.4 Å². The zero-order valence-corrected chi connectivity index (χ0v) is 11.1. The molecule has 0 saturated heterocycles. The van der Waals surface area contributed by atoms with Gasteiger partial charge in [-0.05, 0) is 24.6 Å². The Kier molecular flexibility index (Phi) is 4.79. The van der Waals surface area contributed by atoms with Gasteiger partial charge in [-0.1, -0.05) is 18.9 Å². The van der Waals surface area contributed by atoms with Crippen molar-refractivity contribution in [3.05, 3.63) is 29.9 Å². The normalized spacial score (nSPS) is 10.9. The van der Waals surface area contributed by atoms with Crippen LogP contribution in [0.4, 0.5) is 6.01 Å². The van der Waals surface area contributed by atoms with E-state index in [-0.39, 0.29) is 0 Å². The van der Waals surface area contributed by atoms with E-state index in [1.165, 1.54) is 0 Å². The molecule has 2 heterocycles. The molecule has 2 aromatic heterocycles. The molecule has 7 heteroatoms. The van der Waals surface area contributed by atoms with Gasteiger partial charge in [0.2, 0.25) is 5.89 Å². The second-order valence-electron chi connectivity index (χ2n) is 4.59. The molecule has 7 nitrogen and oxygen atoms in total. The van der Waals surface area contributed by atoms with Crippen LogP contribution in [0.15, 0.2) is 22.7 Å². The van der Waals surface area contributed by atoms with Crippen LogP contribution in [0.5, 0.6) is 0 Å². The summed E-state index contributed by atoms with van der Waals surface area (Å²) in [6.45, 7) is 6.31. The minimum atomic E-state index is 0.395. The van der Waals surface area contributed by atoms with Gasteiger partial charge in [-0.3, -0.25) is 0 Å². The Bertz CT molecular complexity index is 484. The van der Waals surface area contributed by atoms with Crippen LogP contribution in [-0.2, 0) is 13.1 Å². The SMILES string of the molecule is CC(C)CNCc1nnc(NCc2cccnn2)o1. The fraction of sp³-hybridized carbons (Fsp3) is 0.500. The molecule has 0 aliphatic heterocycles. The van der Waals surface area contributed by atoms with E-state index < -0.39 is 0 Å². The molecule has 2 N–H and O–H groups in total. The van der Waals surface area contributed by atoms with E-state index in [1.54, 1.807) is 6.20 Å². The molecule has 0 amide bonds. The molecule has 0 atom stereocenters. The second-order valence-corrected chi connectivity index (χ2v) is 4.59. The lowest BCUT2D eigenvalue weighted by Crippen LogP contribution is -2.19. The summed E-state index contributed by atoms with van der Waals surface area (Å²) in [6.07, 6.45) is 1.63. The number of rotatable bonds is 7. The molecule has 0 aliphatic rings. The lowest BCUT2D eigenvalue weighted by Gasteiger charge is -2.03. The summed E-state index contributed by atoms with van der Waals surface area (Å²) in [5, 5.41) is 21.9. The quantitative estimate of drug-likeness (QED) is 0.775. The molecule has 2 aromatic rings. The zero-order chi connectivity index (χ0) is 13.5. The predicted octanol–water partition coefficient (Wildman–Crippen LogP) is 1.22. The third-order valence-corrected chi connectivity index (χ3v) is 2.34. The van der Waals surface area contributed by atoms with Crippen LogP contribution >= 0.6 is 0 Å². The molecular weight excluding hydrogens is 244 g/mol. The first-order valence-electron chi connectivity index (χ1n) is 6.27. The van der Waals surface area contributed by atoms with Gasteiger partial charge in [-0.2, -0.15) is 10.2 Å². The Morgan fingerprint density at radius 2 is 2.11 bits per heavy atom. The lowest BCUT2D eigenvalue weighted by molar-refractivity contribution is 0.458. The van der Waals surface area contributed by atoms with Crippen LogP contribution in [0.25, 0.3) is 0 Å². The highest BCUT2D eigenvalue weighted by Crippen LogP contribution is 2.06. The van der Waals surface area contributed by atoms with E-state index in [1.807, 2.05) is 12.1 Å². The van der Waals surface area contributed by atoms with E-state index in [9.17, 15) is 0 Å². The third-order valence-electron chi connectivity index (χ3n) is 2.34. The average Bonchev–Trinajstić information content (AvgIpc) is 2.85. The molecular formula is C12H18N6O. The zero-order valence-electron chi connectivity index (χ0n) is 11.1.